The molecule has 0 aliphatic rings. The van der Waals surface area contributed by atoms with E-state index in [0.717, 1.165) is 19.5 Å². The lowest BCUT2D eigenvalue weighted by molar-refractivity contribution is -0.173. The van der Waals surface area contributed by atoms with E-state index >= 15 is 0 Å². The maximum atomic E-state index is 11.9. The zero-order valence-electron chi connectivity index (χ0n) is 15.6. The highest BCUT2D eigenvalue weighted by Gasteiger charge is 2.27. The minimum Gasteiger partial charge on any atom is -0.378 e. The highest BCUT2D eigenvalue weighted by atomic mass is 127. The molecule has 1 atom stereocenters. The number of guanidine groups is 1. The van der Waals surface area contributed by atoms with Crippen molar-refractivity contribution in [2.24, 2.45) is 10.9 Å². The van der Waals surface area contributed by atoms with Crippen molar-refractivity contribution in [3.05, 3.63) is 0 Å². The van der Waals surface area contributed by atoms with Crippen LogP contribution in [0.2, 0.25) is 0 Å². The van der Waals surface area contributed by atoms with Crippen LogP contribution in [-0.2, 0) is 9.47 Å². The number of rotatable bonds is 12. The minimum absolute atomic E-state index is 0. The van der Waals surface area contributed by atoms with Gasteiger partial charge in [-0.2, -0.15) is 13.2 Å². The van der Waals surface area contributed by atoms with E-state index in [1.54, 1.807) is 0 Å². The average Bonchev–Trinajstić information content (AvgIpc) is 2.48. The van der Waals surface area contributed by atoms with E-state index in [4.69, 9.17) is 4.74 Å². The van der Waals surface area contributed by atoms with Gasteiger partial charge in [0.1, 0.15) is 6.61 Å². The largest absolute Gasteiger partial charge is 0.411 e. The summed E-state index contributed by atoms with van der Waals surface area (Å²) in [7, 11) is 0. The molecule has 0 aliphatic heterocycles. The maximum absolute atomic E-state index is 11.9. The Kier molecular flexibility index (Phi) is 17.2. The van der Waals surface area contributed by atoms with Crippen molar-refractivity contribution in [2.75, 3.05) is 39.5 Å². The Morgan fingerprint density at radius 1 is 1.16 bits per heavy atom. The second kappa shape index (κ2) is 15.9. The molecule has 0 spiro atoms. The molecule has 0 fully saturated rings. The molecule has 25 heavy (non-hydrogen) atoms. The molecule has 0 bridgehead atoms. The molecular weight excluding hydrogens is 450 g/mol. The number of hydrogen-bond acceptors (Lipinski definition) is 3. The summed E-state index contributed by atoms with van der Waals surface area (Å²) in [5, 5.41) is 6.33. The Morgan fingerprint density at radius 2 is 1.84 bits per heavy atom. The molecule has 0 aromatic rings. The third kappa shape index (κ3) is 16.9. The summed E-state index contributed by atoms with van der Waals surface area (Å²) in [6.07, 6.45) is -2.76. The Balaban J connectivity index is 0. The van der Waals surface area contributed by atoms with Crippen molar-refractivity contribution in [3.8, 4) is 0 Å². The van der Waals surface area contributed by atoms with Gasteiger partial charge in [0.25, 0.3) is 0 Å². The van der Waals surface area contributed by atoms with Crippen LogP contribution in [0.1, 0.15) is 40.5 Å². The lowest BCUT2D eigenvalue weighted by atomic mass is 10.0. The number of nitrogens with one attached hydrogen (secondary N) is 2. The van der Waals surface area contributed by atoms with Crippen LogP contribution in [0.15, 0.2) is 4.99 Å². The van der Waals surface area contributed by atoms with Gasteiger partial charge in [0.15, 0.2) is 5.96 Å². The molecule has 0 saturated heterocycles. The molecule has 152 valence electrons. The van der Waals surface area contributed by atoms with Crippen LogP contribution in [-0.4, -0.2) is 57.7 Å². The zero-order chi connectivity index (χ0) is 18.4. The first kappa shape index (κ1) is 26.9. The molecule has 0 aromatic carbocycles. The summed E-state index contributed by atoms with van der Waals surface area (Å²) < 4.78 is 46.0. The highest BCUT2D eigenvalue weighted by molar-refractivity contribution is 14.0. The van der Waals surface area contributed by atoms with E-state index < -0.39 is 12.8 Å². The third-order valence-electron chi connectivity index (χ3n) is 3.17. The molecule has 2 N–H and O–H groups in total. The molecular formula is C16H33F3IN3O2. The van der Waals surface area contributed by atoms with Gasteiger partial charge in [0, 0.05) is 32.8 Å². The lowest BCUT2D eigenvalue weighted by Gasteiger charge is -2.21. The van der Waals surface area contributed by atoms with Crippen molar-refractivity contribution in [1.29, 1.82) is 0 Å². The zero-order valence-corrected chi connectivity index (χ0v) is 17.9. The third-order valence-corrected chi connectivity index (χ3v) is 3.17. The van der Waals surface area contributed by atoms with Gasteiger partial charge in [-0.15, -0.1) is 24.0 Å². The van der Waals surface area contributed by atoms with Gasteiger partial charge in [-0.1, -0.05) is 13.8 Å². The standard InChI is InChI=1S/C16H32F3N3O2.HI/c1-5-20-15(21-9-7-11-23-12-16(17,18)19)22-10-8-14(13(3)4)24-6-2;/h13-14H,5-12H2,1-4H3,(H2,20,21,22);1H. The normalized spacial score (nSPS) is 13.5. The van der Waals surface area contributed by atoms with Crippen molar-refractivity contribution in [2.45, 2.75) is 52.8 Å². The van der Waals surface area contributed by atoms with E-state index in [-0.39, 0.29) is 36.7 Å². The van der Waals surface area contributed by atoms with E-state index in [1.807, 2.05) is 13.8 Å². The van der Waals surface area contributed by atoms with Gasteiger partial charge in [-0.3, -0.25) is 4.99 Å². The Hall–Kier alpha value is -0.290. The van der Waals surface area contributed by atoms with Crippen molar-refractivity contribution >= 4 is 29.9 Å². The Morgan fingerprint density at radius 3 is 2.36 bits per heavy atom. The molecule has 0 rings (SSSR count). The Bertz CT molecular complexity index is 343. The van der Waals surface area contributed by atoms with Crippen molar-refractivity contribution < 1.29 is 22.6 Å². The minimum atomic E-state index is -4.27. The van der Waals surface area contributed by atoms with Crippen LogP contribution in [0, 0.1) is 5.92 Å². The molecule has 0 aromatic heterocycles. The van der Waals surface area contributed by atoms with Gasteiger partial charge in [0.2, 0.25) is 0 Å². The molecule has 0 aliphatic carbocycles. The monoisotopic (exact) mass is 483 g/mol. The van der Waals surface area contributed by atoms with Gasteiger partial charge < -0.3 is 20.1 Å². The SMILES string of the molecule is CCNC(=NCCCOCC(F)(F)F)NCCC(OCC)C(C)C.I. The van der Waals surface area contributed by atoms with Crippen molar-refractivity contribution in [1.82, 2.24) is 10.6 Å². The molecule has 0 heterocycles. The first-order chi connectivity index (χ1) is 11.3. The summed E-state index contributed by atoms with van der Waals surface area (Å²) in [5.74, 6) is 1.10. The fourth-order valence-corrected chi connectivity index (χ4v) is 2.04. The summed E-state index contributed by atoms with van der Waals surface area (Å²) in [5.41, 5.74) is 0. The van der Waals surface area contributed by atoms with Gasteiger partial charge >= 0.3 is 6.18 Å². The molecule has 9 heteroatoms. The van der Waals surface area contributed by atoms with Gasteiger partial charge in [-0.05, 0) is 32.6 Å². The van der Waals surface area contributed by atoms with E-state index in [9.17, 15) is 13.2 Å². The molecule has 0 saturated carbocycles. The number of alkyl halides is 3. The van der Waals surface area contributed by atoms with Crippen molar-refractivity contribution in [3.63, 3.8) is 0 Å². The predicted octanol–water partition coefficient (Wildman–Crippen LogP) is 3.58. The van der Waals surface area contributed by atoms with Crippen LogP contribution < -0.4 is 10.6 Å². The quantitative estimate of drug-likeness (QED) is 0.193. The van der Waals surface area contributed by atoms with Crippen LogP contribution in [0.4, 0.5) is 13.2 Å². The number of hydrogen-bond donors (Lipinski definition) is 2. The van der Waals surface area contributed by atoms with E-state index in [1.165, 1.54) is 0 Å². The van der Waals surface area contributed by atoms with E-state index in [2.05, 4.69) is 34.2 Å². The molecule has 0 radical (unpaired) electrons. The second-order valence-electron chi connectivity index (χ2n) is 5.74. The first-order valence-corrected chi connectivity index (χ1v) is 8.58. The smallest absolute Gasteiger partial charge is 0.378 e. The van der Waals surface area contributed by atoms with Gasteiger partial charge in [-0.25, -0.2) is 0 Å². The van der Waals surface area contributed by atoms with Gasteiger partial charge in [0.05, 0.1) is 6.10 Å². The van der Waals surface area contributed by atoms with E-state index in [0.29, 0.717) is 31.4 Å². The fraction of sp³-hybridized carbons (Fsp3) is 0.938. The Labute approximate surface area is 166 Å². The summed E-state index contributed by atoms with van der Waals surface area (Å²) in [4.78, 5) is 4.33. The molecule has 0 amide bonds. The summed E-state index contributed by atoms with van der Waals surface area (Å²) in [6.45, 7) is 9.57. The first-order valence-electron chi connectivity index (χ1n) is 8.58. The van der Waals surface area contributed by atoms with Crippen LogP contribution in [0.5, 0.6) is 0 Å². The van der Waals surface area contributed by atoms with Crippen LogP contribution in [0.3, 0.4) is 0 Å². The predicted molar refractivity (Wildman–Crippen MR) is 106 cm³/mol. The highest BCUT2D eigenvalue weighted by Crippen LogP contribution is 2.14. The number of halogens is 4. The van der Waals surface area contributed by atoms with Crippen LogP contribution in [0.25, 0.3) is 0 Å². The van der Waals surface area contributed by atoms with Crippen LogP contribution >= 0.6 is 24.0 Å². The summed E-state index contributed by atoms with van der Waals surface area (Å²) >= 11 is 0. The second-order valence-corrected chi connectivity index (χ2v) is 5.74. The number of ether oxygens (including phenoxy) is 2. The fourth-order valence-electron chi connectivity index (χ4n) is 2.04. The molecule has 5 nitrogen and oxygen atoms in total. The lowest BCUT2D eigenvalue weighted by Crippen LogP contribution is -2.39. The number of nitrogens with zero attached hydrogens (tertiary/aromatic N) is 1. The average molecular weight is 483 g/mol. The summed E-state index contributed by atoms with van der Waals surface area (Å²) in [6, 6.07) is 0. The number of aliphatic imine (C=N–C) groups is 1. The topological polar surface area (TPSA) is 54.9 Å². The maximum Gasteiger partial charge on any atom is 0.411 e. The molecule has 1 unspecified atom stereocenters.